The number of nitrogens with zero attached hydrogens (tertiary/aromatic N) is 2. The number of piperidine rings is 1. The van der Waals surface area contributed by atoms with Gasteiger partial charge in [0.25, 0.3) is 0 Å². The summed E-state index contributed by atoms with van der Waals surface area (Å²) < 4.78 is 0. The molecule has 0 amide bonds. The number of hydrogen-bond donors (Lipinski definition) is 2. The zero-order valence-electron chi connectivity index (χ0n) is 14.5. The van der Waals surface area contributed by atoms with Crippen LogP contribution in [-0.2, 0) is 0 Å². The number of hydrogen-bond acceptors (Lipinski definition) is 2. The number of likely N-dealkylation sites (tertiary alicyclic amines) is 1. The van der Waals surface area contributed by atoms with Gasteiger partial charge in [-0.3, -0.25) is 9.89 Å². The molecule has 1 heterocycles. The summed E-state index contributed by atoms with van der Waals surface area (Å²) >= 11 is 0. The predicted octanol–water partition coefficient (Wildman–Crippen LogP) is 3.08. The molecular weight excluding hydrogens is 375 g/mol. The lowest BCUT2D eigenvalue weighted by molar-refractivity contribution is 0.150. The van der Waals surface area contributed by atoms with Crippen molar-refractivity contribution in [2.75, 3.05) is 26.2 Å². The Bertz CT molecular complexity index is 288. The summed E-state index contributed by atoms with van der Waals surface area (Å²) in [5, 5.41) is 6.79. The van der Waals surface area contributed by atoms with E-state index in [9.17, 15) is 0 Å². The molecular formula is C16H35IN4. The van der Waals surface area contributed by atoms with E-state index in [1.54, 1.807) is 0 Å². The van der Waals surface area contributed by atoms with Gasteiger partial charge in [0.15, 0.2) is 5.96 Å². The number of nitrogens with one attached hydrogen (secondary N) is 2. The highest BCUT2D eigenvalue weighted by atomic mass is 127. The number of rotatable bonds is 6. The van der Waals surface area contributed by atoms with Gasteiger partial charge in [0.2, 0.25) is 0 Å². The first-order valence-electron chi connectivity index (χ1n) is 8.35. The first-order valence-corrected chi connectivity index (χ1v) is 8.35. The molecule has 1 aliphatic rings. The maximum absolute atomic E-state index is 4.75. The third kappa shape index (κ3) is 8.24. The summed E-state index contributed by atoms with van der Waals surface area (Å²) in [6, 6.07) is 1.01. The van der Waals surface area contributed by atoms with Crippen molar-refractivity contribution in [3.05, 3.63) is 0 Å². The van der Waals surface area contributed by atoms with Crippen molar-refractivity contribution in [1.82, 2.24) is 15.5 Å². The van der Waals surface area contributed by atoms with E-state index in [4.69, 9.17) is 4.99 Å². The third-order valence-electron chi connectivity index (χ3n) is 4.29. The van der Waals surface area contributed by atoms with Crippen molar-refractivity contribution in [3.8, 4) is 0 Å². The number of halogens is 1. The molecule has 1 fully saturated rings. The summed E-state index contributed by atoms with van der Waals surface area (Å²) in [5.41, 5.74) is 0. The maximum atomic E-state index is 4.75. The Morgan fingerprint density at radius 2 is 1.86 bits per heavy atom. The fourth-order valence-electron chi connectivity index (χ4n) is 2.46. The van der Waals surface area contributed by atoms with E-state index in [1.807, 2.05) is 0 Å². The molecule has 0 spiro atoms. The van der Waals surface area contributed by atoms with Crippen LogP contribution in [0.25, 0.3) is 0 Å². The van der Waals surface area contributed by atoms with Crippen molar-refractivity contribution >= 4 is 29.9 Å². The number of aliphatic imine (C=N–C) groups is 1. The van der Waals surface area contributed by atoms with Crippen molar-refractivity contribution in [1.29, 1.82) is 0 Å². The second kappa shape index (κ2) is 11.5. The first kappa shape index (κ1) is 21.0. The van der Waals surface area contributed by atoms with Crippen LogP contribution in [0.4, 0.5) is 0 Å². The zero-order valence-corrected chi connectivity index (χ0v) is 16.8. The average Bonchev–Trinajstić information content (AvgIpc) is 2.45. The van der Waals surface area contributed by atoms with Crippen LogP contribution in [0.3, 0.4) is 0 Å². The summed E-state index contributed by atoms with van der Waals surface area (Å²) in [4.78, 5) is 7.33. The van der Waals surface area contributed by atoms with Crippen LogP contribution in [0.1, 0.15) is 53.9 Å². The van der Waals surface area contributed by atoms with Crippen LogP contribution in [-0.4, -0.2) is 49.1 Å². The standard InChI is InChI=1S/C16H34N4.HI/c1-6-14(4)19-16(17-7-2)18-12-15(5)20-10-8-13(3)9-11-20;/h13-15H,6-12H2,1-5H3,(H2,17,18,19);1H. The molecule has 0 aliphatic carbocycles. The normalized spacial score (nSPS) is 20.5. The van der Waals surface area contributed by atoms with E-state index in [-0.39, 0.29) is 24.0 Å². The minimum Gasteiger partial charge on any atom is -0.357 e. The highest BCUT2D eigenvalue weighted by Gasteiger charge is 2.20. The molecule has 0 aromatic rings. The molecule has 5 heteroatoms. The molecule has 0 radical (unpaired) electrons. The molecule has 4 nitrogen and oxygen atoms in total. The molecule has 126 valence electrons. The van der Waals surface area contributed by atoms with E-state index < -0.39 is 0 Å². The predicted molar refractivity (Wildman–Crippen MR) is 104 cm³/mol. The van der Waals surface area contributed by atoms with Gasteiger partial charge in [-0.05, 0) is 59.0 Å². The largest absolute Gasteiger partial charge is 0.357 e. The fraction of sp³-hybridized carbons (Fsp3) is 0.938. The SMILES string of the molecule is CCNC(=NCC(C)N1CCC(C)CC1)NC(C)CC.I. The minimum atomic E-state index is 0. The monoisotopic (exact) mass is 410 g/mol. The maximum Gasteiger partial charge on any atom is 0.191 e. The molecule has 1 rings (SSSR count). The molecule has 1 saturated heterocycles. The Kier molecular flexibility index (Phi) is 11.5. The molecule has 2 atom stereocenters. The van der Waals surface area contributed by atoms with Crippen LogP contribution in [0.5, 0.6) is 0 Å². The molecule has 0 bridgehead atoms. The van der Waals surface area contributed by atoms with Crippen LogP contribution in [0, 0.1) is 5.92 Å². The Labute approximate surface area is 148 Å². The van der Waals surface area contributed by atoms with E-state index in [2.05, 4.69) is 50.2 Å². The summed E-state index contributed by atoms with van der Waals surface area (Å²) in [7, 11) is 0. The van der Waals surface area contributed by atoms with Crippen molar-refractivity contribution in [2.45, 2.75) is 66.0 Å². The number of guanidine groups is 1. The van der Waals surface area contributed by atoms with Gasteiger partial charge in [0, 0.05) is 18.6 Å². The zero-order chi connectivity index (χ0) is 15.0. The Hall–Kier alpha value is -0.0400. The summed E-state index contributed by atoms with van der Waals surface area (Å²) in [6.45, 7) is 15.4. The quantitative estimate of drug-likeness (QED) is 0.402. The highest BCUT2D eigenvalue weighted by Crippen LogP contribution is 2.17. The van der Waals surface area contributed by atoms with Gasteiger partial charge in [-0.1, -0.05) is 13.8 Å². The lowest BCUT2D eigenvalue weighted by Gasteiger charge is -2.34. The van der Waals surface area contributed by atoms with E-state index in [0.29, 0.717) is 12.1 Å². The molecule has 21 heavy (non-hydrogen) atoms. The molecule has 2 N–H and O–H groups in total. The van der Waals surface area contributed by atoms with Crippen LogP contribution in [0.15, 0.2) is 4.99 Å². The van der Waals surface area contributed by atoms with E-state index in [0.717, 1.165) is 31.4 Å². The second-order valence-corrected chi connectivity index (χ2v) is 6.24. The summed E-state index contributed by atoms with van der Waals surface area (Å²) in [5.74, 6) is 1.85. The fourth-order valence-corrected chi connectivity index (χ4v) is 2.46. The van der Waals surface area contributed by atoms with Crippen LogP contribution in [0.2, 0.25) is 0 Å². The lowest BCUT2D eigenvalue weighted by atomic mass is 9.98. The molecule has 1 aliphatic heterocycles. The van der Waals surface area contributed by atoms with Gasteiger partial charge in [-0.25, -0.2) is 0 Å². The molecule has 0 aromatic carbocycles. The van der Waals surface area contributed by atoms with Gasteiger partial charge in [-0.15, -0.1) is 24.0 Å². The van der Waals surface area contributed by atoms with Gasteiger partial charge >= 0.3 is 0 Å². The van der Waals surface area contributed by atoms with Crippen molar-refractivity contribution < 1.29 is 0 Å². The van der Waals surface area contributed by atoms with Gasteiger partial charge in [-0.2, -0.15) is 0 Å². The van der Waals surface area contributed by atoms with Gasteiger partial charge in [0.1, 0.15) is 0 Å². The van der Waals surface area contributed by atoms with Gasteiger partial charge in [0.05, 0.1) is 6.54 Å². The van der Waals surface area contributed by atoms with E-state index >= 15 is 0 Å². The summed E-state index contributed by atoms with van der Waals surface area (Å²) in [6.07, 6.45) is 3.78. The topological polar surface area (TPSA) is 39.7 Å². The van der Waals surface area contributed by atoms with Crippen LogP contribution < -0.4 is 10.6 Å². The lowest BCUT2D eigenvalue weighted by Crippen LogP contribution is -2.44. The molecule has 2 unspecified atom stereocenters. The highest BCUT2D eigenvalue weighted by molar-refractivity contribution is 14.0. The minimum absolute atomic E-state index is 0. The van der Waals surface area contributed by atoms with Crippen molar-refractivity contribution in [3.63, 3.8) is 0 Å². The van der Waals surface area contributed by atoms with Crippen LogP contribution >= 0.6 is 24.0 Å². The van der Waals surface area contributed by atoms with E-state index in [1.165, 1.54) is 25.9 Å². The smallest absolute Gasteiger partial charge is 0.191 e. The molecule has 0 saturated carbocycles. The average molecular weight is 410 g/mol. The Morgan fingerprint density at radius 3 is 2.38 bits per heavy atom. The molecule has 0 aromatic heterocycles. The third-order valence-corrected chi connectivity index (χ3v) is 4.29. The van der Waals surface area contributed by atoms with Crippen molar-refractivity contribution in [2.24, 2.45) is 10.9 Å². The Morgan fingerprint density at radius 1 is 1.24 bits per heavy atom. The second-order valence-electron chi connectivity index (χ2n) is 6.24. The first-order chi connectivity index (χ1) is 9.56. The Balaban J connectivity index is 0.00000400. The van der Waals surface area contributed by atoms with Gasteiger partial charge < -0.3 is 10.6 Å².